The average molecular weight is 242 g/mol. The van der Waals surface area contributed by atoms with Crippen molar-refractivity contribution in [1.29, 1.82) is 0 Å². The summed E-state index contributed by atoms with van der Waals surface area (Å²) >= 11 is 0. The number of amides is 1. The molecular formula is C12H22N2O3. The number of nitrogens with one attached hydrogen (secondary N) is 1. The van der Waals surface area contributed by atoms with Crippen LogP contribution in [-0.2, 0) is 9.59 Å². The molecule has 0 aromatic heterocycles. The Balaban J connectivity index is 2.22. The maximum Gasteiger partial charge on any atom is 0.305 e. The smallest absolute Gasteiger partial charge is 0.305 e. The fourth-order valence-electron chi connectivity index (χ4n) is 2.06. The van der Waals surface area contributed by atoms with Crippen molar-refractivity contribution < 1.29 is 14.7 Å². The lowest BCUT2D eigenvalue weighted by Gasteiger charge is -2.29. The van der Waals surface area contributed by atoms with Gasteiger partial charge in [0.15, 0.2) is 0 Å². The highest BCUT2D eigenvalue weighted by molar-refractivity contribution is 5.79. The second-order valence-corrected chi connectivity index (χ2v) is 5.03. The SMILES string of the molecule is CC1CCN(CC(=O)NC(C)CC(=O)O)CC1. The van der Waals surface area contributed by atoms with Crippen LogP contribution < -0.4 is 5.32 Å². The predicted molar refractivity (Wildman–Crippen MR) is 64.7 cm³/mol. The van der Waals surface area contributed by atoms with Crippen molar-refractivity contribution in [3.8, 4) is 0 Å². The molecule has 2 N–H and O–H groups in total. The average Bonchev–Trinajstić information content (AvgIpc) is 2.19. The first kappa shape index (κ1) is 14.0. The summed E-state index contributed by atoms with van der Waals surface area (Å²) in [6.07, 6.45) is 2.25. The Labute approximate surface area is 102 Å². The zero-order valence-electron chi connectivity index (χ0n) is 10.6. The highest BCUT2D eigenvalue weighted by atomic mass is 16.4. The highest BCUT2D eigenvalue weighted by Crippen LogP contribution is 2.15. The van der Waals surface area contributed by atoms with Crippen LogP contribution >= 0.6 is 0 Å². The molecule has 1 saturated heterocycles. The molecule has 1 amide bonds. The molecule has 1 heterocycles. The summed E-state index contributed by atoms with van der Waals surface area (Å²) in [5.74, 6) is -0.210. The molecule has 17 heavy (non-hydrogen) atoms. The van der Waals surface area contributed by atoms with Crippen molar-refractivity contribution >= 4 is 11.9 Å². The Morgan fingerprint density at radius 2 is 2.00 bits per heavy atom. The van der Waals surface area contributed by atoms with Gasteiger partial charge in [0, 0.05) is 6.04 Å². The van der Waals surface area contributed by atoms with Gasteiger partial charge in [-0.15, -0.1) is 0 Å². The predicted octanol–water partition coefficient (Wildman–Crippen LogP) is 0.698. The lowest BCUT2D eigenvalue weighted by atomic mass is 9.99. The van der Waals surface area contributed by atoms with E-state index in [9.17, 15) is 9.59 Å². The van der Waals surface area contributed by atoms with Gasteiger partial charge in [-0.3, -0.25) is 14.5 Å². The summed E-state index contributed by atoms with van der Waals surface area (Å²) in [6, 6.07) is -0.302. The van der Waals surface area contributed by atoms with E-state index in [4.69, 9.17) is 5.11 Å². The van der Waals surface area contributed by atoms with Crippen LogP contribution in [-0.4, -0.2) is 47.6 Å². The molecule has 1 fully saturated rings. The maximum atomic E-state index is 11.6. The number of likely N-dealkylation sites (tertiary alicyclic amines) is 1. The van der Waals surface area contributed by atoms with Gasteiger partial charge < -0.3 is 10.4 Å². The van der Waals surface area contributed by atoms with E-state index in [0.717, 1.165) is 31.8 Å². The number of carboxylic acid groups (broad SMARTS) is 1. The first-order valence-corrected chi connectivity index (χ1v) is 6.21. The zero-order valence-corrected chi connectivity index (χ0v) is 10.6. The standard InChI is InChI=1S/C12H22N2O3/c1-9-3-5-14(6-4-9)8-11(15)13-10(2)7-12(16)17/h9-10H,3-8H2,1-2H3,(H,13,15)(H,16,17). The van der Waals surface area contributed by atoms with Crippen LogP contribution in [0.5, 0.6) is 0 Å². The van der Waals surface area contributed by atoms with E-state index in [1.807, 2.05) is 0 Å². The molecular weight excluding hydrogens is 220 g/mol. The molecule has 0 spiro atoms. The first-order chi connectivity index (χ1) is 7.97. The fraction of sp³-hybridized carbons (Fsp3) is 0.833. The molecule has 1 aliphatic rings. The van der Waals surface area contributed by atoms with E-state index >= 15 is 0 Å². The molecule has 0 aromatic rings. The fourth-order valence-corrected chi connectivity index (χ4v) is 2.06. The Morgan fingerprint density at radius 3 is 2.53 bits per heavy atom. The van der Waals surface area contributed by atoms with Crippen LogP contribution in [0.1, 0.15) is 33.1 Å². The molecule has 0 saturated carbocycles. The monoisotopic (exact) mass is 242 g/mol. The number of carboxylic acids is 1. The molecule has 5 heteroatoms. The Hall–Kier alpha value is -1.10. The minimum absolute atomic E-state index is 0.0250. The van der Waals surface area contributed by atoms with E-state index in [-0.39, 0.29) is 18.4 Å². The topological polar surface area (TPSA) is 69.6 Å². The van der Waals surface area contributed by atoms with Crippen LogP contribution in [0.4, 0.5) is 0 Å². The molecule has 98 valence electrons. The van der Waals surface area contributed by atoms with Gasteiger partial charge in [0.05, 0.1) is 13.0 Å². The molecule has 1 aliphatic heterocycles. The second kappa shape index (κ2) is 6.59. The number of piperidine rings is 1. The number of hydrogen-bond acceptors (Lipinski definition) is 3. The van der Waals surface area contributed by atoms with Gasteiger partial charge in [-0.05, 0) is 38.8 Å². The third-order valence-electron chi connectivity index (χ3n) is 3.13. The van der Waals surface area contributed by atoms with E-state index in [1.165, 1.54) is 0 Å². The summed E-state index contributed by atoms with van der Waals surface area (Å²) in [5, 5.41) is 11.3. The van der Waals surface area contributed by atoms with E-state index in [2.05, 4.69) is 17.1 Å². The van der Waals surface area contributed by atoms with Gasteiger partial charge in [0.2, 0.25) is 5.91 Å². The third kappa shape index (κ3) is 5.68. The van der Waals surface area contributed by atoms with Gasteiger partial charge in [-0.1, -0.05) is 6.92 Å². The summed E-state index contributed by atoms with van der Waals surface area (Å²) in [5.41, 5.74) is 0. The Morgan fingerprint density at radius 1 is 1.41 bits per heavy atom. The zero-order chi connectivity index (χ0) is 12.8. The summed E-state index contributed by atoms with van der Waals surface area (Å²) < 4.78 is 0. The van der Waals surface area contributed by atoms with Gasteiger partial charge >= 0.3 is 5.97 Å². The van der Waals surface area contributed by atoms with Crippen LogP contribution in [0.3, 0.4) is 0 Å². The minimum atomic E-state index is -0.885. The molecule has 1 rings (SSSR count). The normalized spacial score (nSPS) is 19.9. The van der Waals surface area contributed by atoms with Crippen molar-refractivity contribution in [2.24, 2.45) is 5.92 Å². The molecule has 0 aliphatic carbocycles. The van der Waals surface area contributed by atoms with Gasteiger partial charge in [0.25, 0.3) is 0 Å². The largest absolute Gasteiger partial charge is 0.481 e. The summed E-state index contributed by atoms with van der Waals surface area (Å²) in [7, 11) is 0. The van der Waals surface area contributed by atoms with Crippen molar-refractivity contribution in [1.82, 2.24) is 10.2 Å². The van der Waals surface area contributed by atoms with Crippen molar-refractivity contribution in [3.63, 3.8) is 0 Å². The van der Waals surface area contributed by atoms with Crippen LogP contribution in [0.15, 0.2) is 0 Å². The summed E-state index contributed by atoms with van der Waals surface area (Å²) in [6.45, 7) is 6.25. The third-order valence-corrected chi connectivity index (χ3v) is 3.13. The van der Waals surface area contributed by atoms with Gasteiger partial charge in [-0.25, -0.2) is 0 Å². The second-order valence-electron chi connectivity index (χ2n) is 5.03. The van der Waals surface area contributed by atoms with E-state index in [0.29, 0.717) is 6.54 Å². The molecule has 1 unspecified atom stereocenters. The van der Waals surface area contributed by atoms with Crippen molar-refractivity contribution in [2.45, 2.75) is 39.2 Å². The van der Waals surface area contributed by atoms with Gasteiger partial charge in [0.1, 0.15) is 0 Å². The number of carbonyl (C=O) groups is 2. The van der Waals surface area contributed by atoms with Gasteiger partial charge in [-0.2, -0.15) is 0 Å². The lowest BCUT2D eigenvalue weighted by Crippen LogP contribution is -2.44. The molecule has 1 atom stereocenters. The van der Waals surface area contributed by atoms with Crippen LogP contribution in [0.2, 0.25) is 0 Å². The van der Waals surface area contributed by atoms with Crippen molar-refractivity contribution in [3.05, 3.63) is 0 Å². The molecule has 0 aromatic carbocycles. The number of carbonyl (C=O) groups excluding carboxylic acids is 1. The lowest BCUT2D eigenvalue weighted by molar-refractivity contribution is -0.137. The quantitative estimate of drug-likeness (QED) is 0.744. The molecule has 0 radical (unpaired) electrons. The van der Waals surface area contributed by atoms with Crippen LogP contribution in [0.25, 0.3) is 0 Å². The summed E-state index contributed by atoms with van der Waals surface area (Å²) in [4.78, 5) is 24.2. The maximum absolute atomic E-state index is 11.6. The minimum Gasteiger partial charge on any atom is -0.481 e. The Kier molecular flexibility index (Phi) is 5.41. The Bertz CT molecular complexity index is 273. The molecule has 0 bridgehead atoms. The molecule has 5 nitrogen and oxygen atoms in total. The number of nitrogens with zero attached hydrogens (tertiary/aromatic N) is 1. The number of hydrogen-bond donors (Lipinski definition) is 2. The van der Waals surface area contributed by atoms with E-state index < -0.39 is 5.97 Å². The number of aliphatic carboxylic acids is 1. The highest BCUT2D eigenvalue weighted by Gasteiger charge is 2.19. The van der Waals surface area contributed by atoms with Crippen molar-refractivity contribution in [2.75, 3.05) is 19.6 Å². The first-order valence-electron chi connectivity index (χ1n) is 6.21. The number of rotatable bonds is 5. The van der Waals surface area contributed by atoms with Crippen LogP contribution in [0, 0.1) is 5.92 Å². The van der Waals surface area contributed by atoms with E-state index in [1.54, 1.807) is 6.92 Å².